The molecule has 1 fully saturated rings. The number of nitrogens with one attached hydrogen (secondary N) is 1. The van der Waals surface area contributed by atoms with Crippen molar-refractivity contribution in [3.63, 3.8) is 0 Å². The van der Waals surface area contributed by atoms with Crippen LogP contribution in [0.4, 0.5) is 5.95 Å². The lowest BCUT2D eigenvalue weighted by Crippen LogP contribution is -2.49. The number of carbonyl (C=O) groups is 1. The minimum Gasteiger partial charge on any atom is -0.480 e. The highest BCUT2D eigenvalue weighted by Gasteiger charge is 2.32. The predicted octanol–water partition coefficient (Wildman–Crippen LogP) is 1.91. The Morgan fingerprint density at radius 2 is 1.80 bits per heavy atom. The molecule has 0 amide bonds. The summed E-state index contributed by atoms with van der Waals surface area (Å²) in [6, 6.07) is 8.93. The van der Waals surface area contributed by atoms with Gasteiger partial charge in [-0.2, -0.15) is 0 Å². The summed E-state index contributed by atoms with van der Waals surface area (Å²) in [6.07, 6.45) is 5.26. The second-order valence-electron chi connectivity index (χ2n) is 6.10. The Morgan fingerprint density at radius 3 is 2.52 bits per heavy atom. The fraction of sp³-hybridized carbons (Fsp3) is 0.278. The van der Waals surface area contributed by atoms with Crippen LogP contribution in [0.15, 0.2) is 48.9 Å². The molecule has 7 nitrogen and oxygen atoms in total. The molecule has 4 rings (SSSR count). The predicted molar refractivity (Wildman–Crippen MR) is 94.5 cm³/mol. The van der Waals surface area contributed by atoms with Crippen LogP contribution in [-0.4, -0.2) is 57.1 Å². The maximum absolute atomic E-state index is 12.0. The summed E-state index contributed by atoms with van der Waals surface area (Å²) in [5, 5.41) is 10.8. The van der Waals surface area contributed by atoms with Gasteiger partial charge in [0.1, 0.15) is 6.04 Å². The average molecular weight is 337 g/mol. The number of aromatic nitrogens is 3. The van der Waals surface area contributed by atoms with Gasteiger partial charge in [-0.1, -0.05) is 18.2 Å². The molecule has 0 bridgehead atoms. The van der Waals surface area contributed by atoms with Gasteiger partial charge in [0.25, 0.3) is 0 Å². The van der Waals surface area contributed by atoms with Crippen LogP contribution in [0.5, 0.6) is 0 Å². The molecular formula is C18H19N5O2. The number of hydrogen-bond acceptors (Lipinski definition) is 5. The molecule has 3 heterocycles. The van der Waals surface area contributed by atoms with E-state index in [1.165, 1.54) is 0 Å². The first kappa shape index (κ1) is 15.6. The summed E-state index contributed by atoms with van der Waals surface area (Å²) in [4.78, 5) is 27.8. The Morgan fingerprint density at radius 1 is 1.08 bits per heavy atom. The first-order valence-electron chi connectivity index (χ1n) is 8.29. The molecule has 0 spiro atoms. The van der Waals surface area contributed by atoms with Gasteiger partial charge in [0.15, 0.2) is 0 Å². The molecule has 25 heavy (non-hydrogen) atoms. The third kappa shape index (κ3) is 2.94. The van der Waals surface area contributed by atoms with E-state index in [1.54, 1.807) is 18.5 Å². The molecular weight excluding hydrogens is 318 g/mol. The number of nitrogens with zero attached hydrogens (tertiary/aromatic N) is 4. The first-order valence-corrected chi connectivity index (χ1v) is 8.29. The van der Waals surface area contributed by atoms with Crippen molar-refractivity contribution >= 4 is 22.8 Å². The van der Waals surface area contributed by atoms with Crippen molar-refractivity contribution in [1.29, 1.82) is 0 Å². The van der Waals surface area contributed by atoms with Gasteiger partial charge in [0, 0.05) is 61.2 Å². The van der Waals surface area contributed by atoms with E-state index in [0.29, 0.717) is 32.1 Å². The molecule has 7 heteroatoms. The van der Waals surface area contributed by atoms with Crippen LogP contribution in [0, 0.1) is 0 Å². The highest BCUT2D eigenvalue weighted by molar-refractivity contribution is 5.89. The van der Waals surface area contributed by atoms with Crippen molar-refractivity contribution in [3.05, 3.63) is 54.5 Å². The van der Waals surface area contributed by atoms with Crippen molar-refractivity contribution in [2.24, 2.45) is 0 Å². The molecule has 2 N–H and O–H groups in total. The number of aromatic amines is 1. The van der Waals surface area contributed by atoms with Crippen molar-refractivity contribution in [3.8, 4) is 0 Å². The number of piperazine rings is 1. The molecule has 0 aliphatic carbocycles. The number of H-pyrrole nitrogens is 1. The second-order valence-corrected chi connectivity index (χ2v) is 6.10. The van der Waals surface area contributed by atoms with Crippen molar-refractivity contribution in [1.82, 2.24) is 19.9 Å². The van der Waals surface area contributed by atoms with Gasteiger partial charge >= 0.3 is 5.97 Å². The van der Waals surface area contributed by atoms with Crippen LogP contribution in [0.3, 0.4) is 0 Å². The molecule has 0 unspecified atom stereocenters. The number of para-hydroxylation sites is 1. The second kappa shape index (κ2) is 6.52. The largest absolute Gasteiger partial charge is 0.480 e. The summed E-state index contributed by atoms with van der Waals surface area (Å²) >= 11 is 0. The maximum atomic E-state index is 12.0. The van der Waals surface area contributed by atoms with Crippen molar-refractivity contribution in [2.75, 3.05) is 31.1 Å². The summed E-state index contributed by atoms with van der Waals surface area (Å²) in [5.41, 5.74) is 1.77. The van der Waals surface area contributed by atoms with Gasteiger partial charge in [0.2, 0.25) is 5.95 Å². The Hall–Kier alpha value is -2.93. The van der Waals surface area contributed by atoms with Crippen LogP contribution in [0.1, 0.15) is 11.6 Å². The van der Waals surface area contributed by atoms with Gasteiger partial charge < -0.3 is 15.0 Å². The maximum Gasteiger partial charge on any atom is 0.325 e. The zero-order chi connectivity index (χ0) is 17.2. The average Bonchev–Trinajstić information content (AvgIpc) is 3.07. The van der Waals surface area contributed by atoms with E-state index in [4.69, 9.17) is 0 Å². The number of aliphatic carboxylic acids is 1. The van der Waals surface area contributed by atoms with Gasteiger partial charge in [-0.05, 0) is 12.1 Å². The lowest BCUT2D eigenvalue weighted by atomic mass is 10.0. The van der Waals surface area contributed by atoms with Gasteiger partial charge in [-0.25, -0.2) is 9.97 Å². The van der Waals surface area contributed by atoms with Crippen LogP contribution < -0.4 is 4.90 Å². The van der Waals surface area contributed by atoms with E-state index in [2.05, 4.69) is 19.9 Å². The molecule has 0 saturated carbocycles. The lowest BCUT2D eigenvalue weighted by molar-refractivity contribution is -0.143. The molecule has 128 valence electrons. The first-order chi connectivity index (χ1) is 12.2. The van der Waals surface area contributed by atoms with E-state index < -0.39 is 12.0 Å². The molecule has 1 aliphatic heterocycles. The zero-order valence-electron chi connectivity index (χ0n) is 13.7. The molecule has 2 aromatic heterocycles. The topological polar surface area (TPSA) is 85.4 Å². The Labute approximate surface area is 144 Å². The number of benzene rings is 1. The smallest absolute Gasteiger partial charge is 0.325 e. The number of carboxylic acid groups (broad SMARTS) is 1. The summed E-state index contributed by atoms with van der Waals surface area (Å²) in [7, 11) is 0. The zero-order valence-corrected chi connectivity index (χ0v) is 13.7. The number of rotatable bonds is 4. The van der Waals surface area contributed by atoms with Crippen LogP contribution in [0.25, 0.3) is 10.9 Å². The fourth-order valence-electron chi connectivity index (χ4n) is 3.44. The summed E-state index contributed by atoms with van der Waals surface area (Å²) in [6.45, 7) is 2.70. The summed E-state index contributed by atoms with van der Waals surface area (Å²) < 4.78 is 0. The van der Waals surface area contributed by atoms with Crippen molar-refractivity contribution in [2.45, 2.75) is 6.04 Å². The van der Waals surface area contributed by atoms with Crippen LogP contribution in [0.2, 0.25) is 0 Å². The van der Waals surface area contributed by atoms with Crippen LogP contribution in [-0.2, 0) is 4.79 Å². The third-order valence-corrected chi connectivity index (χ3v) is 4.66. The Bertz CT molecular complexity index is 871. The molecule has 0 radical (unpaired) electrons. The number of hydrogen-bond donors (Lipinski definition) is 2. The molecule has 1 aliphatic rings. The molecule has 1 saturated heterocycles. The number of anilines is 1. The van der Waals surface area contributed by atoms with Gasteiger partial charge in [0.05, 0.1) is 0 Å². The highest BCUT2D eigenvalue weighted by Crippen LogP contribution is 2.29. The molecule has 3 aromatic rings. The lowest BCUT2D eigenvalue weighted by Gasteiger charge is -2.37. The van der Waals surface area contributed by atoms with Crippen molar-refractivity contribution < 1.29 is 9.90 Å². The van der Waals surface area contributed by atoms with E-state index in [9.17, 15) is 9.90 Å². The van der Waals surface area contributed by atoms with Gasteiger partial charge in [-0.15, -0.1) is 0 Å². The minimum atomic E-state index is -0.825. The molecule has 1 atom stereocenters. The minimum absolute atomic E-state index is 0.648. The van der Waals surface area contributed by atoms with Crippen LogP contribution >= 0.6 is 0 Å². The normalized spacial score (nSPS) is 16.9. The standard InChI is InChI=1S/C18H19N5O2/c24-17(25)16(14-12-21-15-5-2-1-4-13(14)15)22-8-10-23(11-9-22)18-19-6-3-7-20-18/h1-7,12,16,21H,8-11H2,(H,24,25)/t16-/m0/s1. The summed E-state index contributed by atoms with van der Waals surface area (Å²) in [5.74, 6) is -0.129. The Balaban J connectivity index is 1.56. The van der Waals surface area contributed by atoms with E-state index in [0.717, 1.165) is 16.5 Å². The Kier molecular flexibility index (Phi) is 4.07. The van der Waals surface area contributed by atoms with E-state index in [-0.39, 0.29) is 0 Å². The SMILES string of the molecule is O=C(O)[C@H](c1c[nH]c2ccccc12)N1CCN(c2ncccn2)CC1. The highest BCUT2D eigenvalue weighted by atomic mass is 16.4. The van der Waals surface area contributed by atoms with Gasteiger partial charge in [-0.3, -0.25) is 9.69 Å². The number of fused-ring (bicyclic) bond motifs is 1. The van der Waals surface area contributed by atoms with E-state index >= 15 is 0 Å². The quantitative estimate of drug-likeness (QED) is 0.756. The molecule has 1 aromatic carbocycles. The fourth-order valence-corrected chi connectivity index (χ4v) is 3.44. The third-order valence-electron chi connectivity index (χ3n) is 4.66. The number of carboxylic acids is 1. The van der Waals surface area contributed by atoms with E-state index in [1.807, 2.05) is 35.4 Å². The monoisotopic (exact) mass is 337 g/mol.